The predicted molar refractivity (Wildman–Crippen MR) is 63.1 cm³/mol. The molecule has 0 radical (unpaired) electrons. The Bertz CT molecular complexity index is 185. The first kappa shape index (κ1) is 11.9. The van der Waals surface area contributed by atoms with E-state index < -0.39 is 0 Å². The maximum atomic E-state index is 5.25. The minimum absolute atomic E-state index is 0.699. The summed E-state index contributed by atoms with van der Waals surface area (Å²) in [4.78, 5) is 4.43. The molecule has 1 atom stereocenters. The summed E-state index contributed by atoms with van der Waals surface area (Å²) in [5, 5.41) is 5.16. The number of rotatable bonds is 6. The fraction of sp³-hybridized carbons (Fsp3) is 0.900. The first-order chi connectivity index (χ1) is 6.86. The topological polar surface area (TPSA) is 33.6 Å². The van der Waals surface area contributed by atoms with E-state index in [9.17, 15) is 0 Å². The van der Waals surface area contributed by atoms with Gasteiger partial charge in [-0.2, -0.15) is 0 Å². The largest absolute Gasteiger partial charge is 0.382 e. The summed E-state index contributed by atoms with van der Waals surface area (Å²) in [5.41, 5.74) is 0. The van der Waals surface area contributed by atoms with Crippen LogP contribution in [0.4, 0.5) is 0 Å². The minimum Gasteiger partial charge on any atom is -0.382 e. The van der Waals surface area contributed by atoms with Crippen LogP contribution in [0.25, 0.3) is 0 Å². The van der Waals surface area contributed by atoms with Crippen molar-refractivity contribution in [3.05, 3.63) is 0 Å². The summed E-state index contributed by atoms with van der Waals surface area (Å²) < 4.78 is 5.25. The van der Waals surface area contributed by atoms with Gasteiger partial charge in [0.15, 0.2) is 5.17 Å². The first-order valence-electron chi connectivity index (χ1n) is 5.39. The van der Waals surface area contributed by atoms with Gasteiger partial charge in [-0.25, -0.2) is 0 Å². The van der Waals surface area contributed by atoms with Crippen LogP contribution in [0.1, 0.15) is 26.7 Å². The average molecular weight is 216 g/mol. The van der Waals surface area contributed by atoms with Crippen LogP contribution in [0.5, 0.6) is 0 Å². The van der Waals surface area contributed by atoms with Crippen molar-refractivity contribution in [3.63, 3.8) is 0 Å². The summed E-state index contributed by atoms with van der Waals surface area (Å²) in [6, 6.07) is 0. The lowest BCUT2D eigenvalue weighted by Crippen LogP contribution is -2.21. The van der Waals surface area contributed by atoms with Crippen LogP contribution < -0.4 is 5.32 Å². The average Bonchev–Trinajstić information content (AvgIpc) is 2.65. The first-order valence-corrected chi connectivity index (χ1v) is 6.27. The van der Waals surface area contributed by atoms with Gasteiger partial charge in [-0.15, -0.1) is 0 Å². The molecule has 1 aliphatic rings. The van der Waals surface area contributed by atoms with E-state index in [0.29, 0.717) is 5.25 Å². The van der Waals surface area contributed by atoms with Crippen molar-refractivity contribution in [2.75, 3.05) is 26.3 Å². The molecule has 0 aliphatic carbocycles. The molecular weight excluding hydrogens is 196 g/mol. The third kappa shape index (κ3) is 4.33. The minimum atomic E-state index is 0.699. The molecule has 0 bridgehead atoms. The van der Waals surface area contributed by atoms with Crippen LogP contribution in [0.2, 0.25) is 0 Å². The molecule has 0 fully saturated rings. The lowest BCUT2D eigenvalue weighted by molar-refractivity contribution is 0.146. The number of hydrogen-bond donors (Lipinski definition) is 1. The highest BCUT2D eigenvalue weighted by Gasteiger charge is 2.16. The molecule has 0 aromatic rings. The van der Waals surface area contributed by atoms with Crippen molar-refractivity contribution in [1.82, 2.24) is 5.32 Å². The van der Waals surface area contributed by atoms with Gasteiger partial charge in [-0.1, -0.05) is 18.7 Å². The Hall–Kier alpha value is -0.220. The smallest absolute Gasteiger partial charge is 0.156 e. The second-order valence-electron chi connectivity index (χ2n) is 3.27. The highest BCUT2D eigenvalue weighted by atomic mass is 32.2. The van der Waals surface area contributed by atoms with E-state index in [1.807, 2.05) is 18.7 Å². The number of amidine groups is 1. The van der Waals surface area contributed by atoms with Crippen LogP contribution in [-0.2, 0) is 4.74 Å². The van der Waals surface area contributed by atoms with Gasteiger partial charge in [-0.3, -0.25) is 4.99 Å². The molecule has 0 aromatic carbocycles. The van der Waals surface area contributed by atoms with Gasteiger partial charge < -0.3 is 10.1 Å². The summed E-state index contributed by atoms with van der Waals surface area (Å²) >= 11 is 1.87. The zero-order chi connectivity index (χ0) is 10.2. The maximum Gasteiger partial charge on any atom is 0.156 e. The predicted octanol–water partition coefficient (Wildman–Crippen LogP) is 1.88. The van der Waals surface area contributed by atoms with E-state index in [4.69, 9.17) is 4.74 Å². The molecule has 0 amide bonds. The number of thioether (sulfide) groups is 1. The van der Waals surface area contributed by atoms with Crippen molar-refractivity contribution in [2.24, 2.45) is 4.99 Å². The number of aliphatic imine (C=N–C) groups is 1. The van der Waals surface area contributed by atoms with Gasteiger partial charge in [0, 0.05) is 25.0 Å². The van der Waals surface area contributed by atoms with Crippen molar-refractivity contribution in [2.45, 2.75) is 31.9 Å². The molecule has 3 nitrogen and oxygen atoms in total. The van der Waals surface area contributed by atoms with Gasteiger partial charge in [-0.05, 0) is 19.8 Å². The summed E-state index contributed by atoms with van der Waals surface area (Å²) in [7, 11) is 0. The van der Waals surface area contributed by atoms with Gasteiger partial charge in [0.05, 0.1) is 6.54 Å². The third-order valence-electron chi connectivity index (χ3n) is 2.12. The van der Waals surface area contributed by atoms with E-state index in [-0.39, 0.29) is 0 Å². The molecule has 4 heteroatoms. The van der Waals surface area contributed by atoms with Crippen LogP contribution in [0.15, 0.2) is 4.99 Å². The monoisotopic (exact) mass is 216 g/mol. The third-order valence-corrected chi connectivity index (χ3v) is 3.43. The second-order valence-corrected chi connectivity index (χ2v) is 4.56. The van der Waals surface area contributed by atoms with Gasteiger partial charge in [0.25, 0.3) is 0 Å². The highest BCUT2D eigenvalue weighted by Crippen LogP contribution is 2.21. The molecule has 1 aliphatic heterocycles. The van der Waals surface area contributed by atoms with E-state index in [0.717, 1.165) is 37.9 Å². The Morgan fingerprint density at radius 3 is 3.07 bits per heavy atom. The number of nitrogens with one attached hydrogen (secondary N) is 1. The maximum absolute atomic E-state index is 5.25. The Kier molecular flexibility index (Phi) is 6.03. The molecule has 0 aromatic heterocycles. The molecule has 82 valence electrons. The highest BCUT2D eigenvalue weighted by molar-refractivity contribution is 8.14. The molecule has 1 heterocycles. The molecule has 0 spiro atoms. The van der Waals surface area contributed by atoms with E-state index >= 15 is 0 Å². The fourth-order valence-corrected chi connectivity index (χ4v) is 2.21. The molecule has 1 rings (SSSR count). The van der Waals surface area contributed by atoms with E-state index in [1.54, 1.807) is 0 Å². The van der Waals surface area contributed by atoms with Gasteiger partial charge >= 0.3 is 0 Å². The Balaban J connectivity index is 1.97. The number of ether oxygens (including phenoxy) is 1. The van der Waals surface area contributed by atoms with Crippen molar-refractivity contribution in [3.8, 4) is 0 Å². The Morgan fingerprint density at radius 2 is 2.43 bits per heavy atom. The fourth-order valence-electron chi connectivity index (χ4n) is 1.24. The zero-order valence-corrected chi connectivity index (χ0v) is 9.90. The lowest BCUT2D eigenvalue weighted by atomic mass is 10.3. The molecule has 1 unspecified atom stereocenters. The molecule has 0 saturated heterocycles. The molecule has 14 heavy (non-hydrogen) atoms. The lowest BCUT2D eigenvalue weighted by Gasteiger charge is -2.06. The van der Waals surface area contributed by atoms with Gasteiger partial charge in [0.1, 0.15) is 0 Å². The van der Waals surface area contributed by atoms with Crippen LogP contribution >= 0.6 is 11.8 Å². The molecular formula is C10H20N2OS. The van der Waals surface area contributed by atoms with Crippen LogP contribution in [-0.4, -0.2) is 36.7 Å². The van der Waals surface area contributed by atoms with Crippen LogP contribution in [0, 0.1) is 0 Å². The number of nitrogens with zero attached hydrogens (tertiary/aromatic N) is 1. The van der Waals surface area contributed by atoms with E-state index in [2.05, 4.69) is 17.2 Å². The van der Waals surface area contributed by atoms with Crippen molar-refractivity contribution >= 4 is 16.9 Å². The number of hydrogen-bond acceptors (Lipinski definition) is 4. The van der Waals surface area contributed by atoms with Crippen LogP contribution in [0.3, 0.4) is 0 Å². The zero-order valence-electron chi connectivity index (χ0n) is 9.08. The normalized spacial score (nSPS) is 21.0. The quantitative estimate of drug-likeness (QED) is 0.688. The Morgan fingerprint density at radius 1 is 1.57 bits per heavy atom. The van der Waals surface area contributed by atoms with Crippen molar-refractivity contribution < 1.29 is 4.74 Å². The SMILES string of the molecule is CCOCCCNC1=NCC(CC)S1. The van der Waals surface area contributed by atoms with Gasteiger partial charge in [0.2, 0.25) is 0 Å². The van der Waals surface area contributed by atoms with E-state index in [1.165, 1.54) is 6.42 Å². The summed E-state index contributed by atoms with van der Waals surface area (Å²) in [5.74, 6) is 0. The van der Waals surface area contributed by atoms with Crippen molar-refractivity contribution in [1.29, 1.82) is 0 Å². The summed E-state index contributed by atoms with van der Waals surface area (Å²) in [6.07, 6.45) is 2.27. The molecule has 1 N–H and O–H groups in total. The Labute approximate surface area is 90.7 Å². The second kappa shape index (κ2) is 7.12. The molecule has 0 saturated carbocycles. The standard InChI is InChI=1S/C10H20N2OS/c1-3-9-8-12-10(14-9)11-6-5-7-13-4-2/h9H,3-8H2,1-2H3,(H,11,12). The summed E-state index contributed by atoms with van der Waals surface area (Å²) in [6.45, 7) is 7.85.